The Bertz CT molecular complexity index is 834. The van der Waals surface area contributed by atoms with Crippen LogP contribution in [0.2, 0.25) is 0 Å². The molecule has 24 heavy (non-hydrogen) atoms. The second kappa shape index (κ2) is 8.13. The van der Waals surface area contributed by atoms with Crippen molar-refractivity contribution >= 4 is 22.3 Å². The summed E-state index contributed by atoms with van der Waals surface area (Å²) in [7, 11) is -2.18. The molecule has 5 N–H and O–H groups in total. The van der Waals surface area contributed by atoms with Crippen LogP contribution in [0, 0.1) is 12.1 Å². The molecule has 0 radical (unpaired) electrons. The molecular weight excluding hydrogens is 334 g/mol. The predicted octanol–water partition coefficient (Wildman–Crippen LogP) is 0.384. The SMILES string of the molecule is Cc1ccc(S(=O)(=O)O)cc1.Cn1cccc1/C=N/[N+]([O-])=C(N)N. The van der Waals surface area contributed by atoms with Crippen LogP contribution in [0.1, 0.15) is 11.3 Å². The van der Waals surface area contributed by atoms with E-state index in [0.717, 1.165) is 11.3 Å². The highest BCUT2D eigenvalue weighted by atomic mass is 32.2. The van der Waals surface area contributed by atoms with Crippen molar-refractivity contribution in [2.75, 3.05) is 0 Å². The van der Waals surface area contributed by atoms with Gasteiger partial charge in [-0.05, 0) is 31.2 Å². The Kier molecular flexibility index (Phi) is 6.50. The van der Waals surface area contributed by atoms with Gasteiger partial charge in [0.25, 0.3) is 10.1 Å². The quantitative estimate of drug-likeness (QED) is 0.181. The Hall–Kier alpha value is -2.85. The van der Waals surface area contributed by atoms with Gasteiger partial charge in [-0.1, -0.05) is 17.7 Å². The van der Waals surface area contributed by atoms with Gasteiger partial charge in [0, 0.05) is 13.2 Å². The van der Waals surface area contributed by atoms with Crippen molar-refractivity contribution in [1.29, 1.82) is 0 Å². The number of hydrogen-bond acceptors (Lipinski definition) is 4. The van der Waals surface area contributed by atoms with Crippen molar-refractivity contribution in [3.8, 4) is 0 Å². The van der Waals surface area contributed by atoms with Gasteiger partial charge >= 0.3 is 5.96 Å². The molecule has 2 rings (SSSR count). The van der Waals surface area contributed by atoms with Crippen molar-refractivity contribution in [1.82, 2.24) is 4.57 Å². The van der Waals surface area contributed by atoms with E-state index in [-0.39, 0.29) is 15.7 Å². The molecule has 0 fully saturated rings. The number of aromatic nitrogens is 1. The Labute approximate surface area is 139 Å². The van der Waals surface area contributed by atoms with Gasteiger partial charge in [-0.15, -0.1) is 9.95 Å². The first-order valence-electron chi connectivity index (χ1n) is 6.66. The van der Waals surface area contributed by atoms with Gasteiger partial charge in [-0.3, -0.25) is 16.0 Å². The molecule has 0 atom stereocenters. The second-order valence-corrected chi connectivity index (χ2v) is 6.20. The number of aryl methyl sites for hydroxylation is 2. The van der Waals surface area contributed by atoms with Crippen molar-refractivity contribution in [3.05, 3.63) is 59.1 Å². The van der Waals surface area contributed by atoms with Gasteiger partial charge in [0.05, 0.1) is 16.8 Å². The summed E-state index contributed by atoms with van der Waals surface area (Å²) in [6, 6.07) is 9.64. The summed E-state index contributed by atoms with van der Waals surface area (Å²) in [5.41, 5.74) is 11.8. The molecule has 0 saturated carbocycles. The van der Waals surface area contributed by atoms with E-state index in [4.69, 9.17) is 16.0 Å². The molecule has 1 heterocycles. The van der Waals surface area contributed by atoms with Crippen molar-refractivity contribution in [3.63, 3.8) is 0 Å². The van der Waals surface area contributed by atoms with Crippen LogP contribution in [0.5, 0.6) is 0 Å². The lowest BCUT2D eigenvalue weighted by molar-refractivity contribution is -0.463. The standard InChI is InChI=1S/C7H11N5O.C7H8O3S/c1-11-4-2-3-6(11)5-10-12(13)7(8)9;1-6-2-4-7(5-3-6)11(8,9)10/h2-5H,8-9H2,1H3;2-5H,1H3,(H,8,9,10)/b10-5+;. The third kappa shape index (κ3) is 6.10. The van der Waals surface area contributed by atoms with E-state index in [0.29, 0.717) is 0 Å². The zero-order chi connectivity index (χ0) is 18.3. The molecule has 0 spiro atoms. The van der Waals surface area contributed by atoms with Gasteiger partial charge in [-0.25, -0.2) is 0 Å². The van der Waals surface area contributed by atoms with Crippen LogP contribution in [-0.4, -0.2) is 34.6 Å². The summed E-state index contributed by atoms with van der Waals surface area (Å²) in [6.07, 6.45) is 3.22. The predicted molar refractivity (Wildman–Crippen MR) is 91.0 cm³/mol. The zero-order valence-electron chi connectivity index (χ0n) is 13.2. The maximum atomic E-state index is 10.8. The molecular formula is C14H19N5O4S. The minimum atomic E-state index is -4.02. The van der Waals surface area contributed by atoms with Gasteiger partial charge in [-0.2, -0.15) is 8.42 Å². The maximum absolute atomic E-state index is 10.8. The zero-order valence-corrected chi connectivity index (χ0v) is 14.0. The van der Waals surface area contributed by atoms with E-state index in [1.807, 2.05) is 36.9 Å². The number of nitrogens with two attached hydrogens (primary N) is 2. The second-order valence-electron chi connectivity index (χ2n) is 4.77. The molecule has 1 aromatic carbocycles. The fraction of sp³-hybridized carbons (Fsp3) is 0.143. The summed E-state index contributed by atoms with van der Waals surface area (Å²) < 4.78 is 31.4. The van der Waals surface area contributed by atoms with Crippen LogP contribution in [0.4, 0.5) is 0 Å². The first kappa shape index (κ1) is 19.2. The van der Waals surface area contributed by atoms with Crippen molar-refractivity contribution in [2.24, 2.45) is 23.6 Å². The number of benzene rings is 1. The van der Waals surface area contributed by atoms with Crippen molar-refractivity contribution in [2.45, 2.75) is 11.8 Å². The first-order valence-corrected chi connectivity index (χ1v) is 8.10. The van der Waals surface area contributed by atoms with E-state index < -0.39 is 10.1 Å². The molecule has 0 unspecified atom stereocenters. The summed E-state index contributed by atoms with van der Waals surface area (Å²) in [6.45, 7) is 1.84. The maximum Gasteiger partial charge on any atom is 0.366 e. The lowest BCUT2D eigenvalue weighted by atomic mass is 10.2. The van der Waals surface area contributed by atoms with E-state index in [2.05, 4.69) is 5.10 Å². The largest absolute Gasteiger partial charge is 0.722 e. The van der Waals surface area contributed by atoms with Crippen LogP contribution in [0.3, 0.4) is 0 Å². The fourth-order valence-corrected chi connectivity index (χ4v) is 1.98. The third-order valence-electron chi connectivity index (χ3n) is 2.82. The average molecular weight is 353 g/mol. The lowest BCUT2D eigenvalue weighted by Gasteiger charge is -2.02. The Morgan fingerprint density at radius 2 is 1.88 bits per heavy atom. The van der Waals surface area contributed by atoms with Crippen LogP contribution in [0.25, 0.3) is 0 Å². The fourth-order valence-electron chi connectivity index (χ4n) is 1.50. The van der Waals surface area contributed by atoms with Crippen LogP contribution in [-0.2, 0) is 17.2 Å². The average Bonchev–Trinajstić information content (AvgIpc) is 2.90. The van der Waals surface area contributed by atoms with E-state index >= 15 is 0 Å². The Morgan fingerprint density at radius 3 is 2.29 bits per heavy atom. The van der Waals surface area contributed by atoms with Crippen LogP contribution < -0.4 is 11.5 Å². The Morgan fingerprint density at radius 1 is 1.29 bits per heavy atom. The van der Waals surface area contributed by atoms with Crippen LogP contribution >= 0.6 is 0 Å². The summed E-state index contributed by atoms with van der Waals surface area (Å²) in [5, 5.41) is 14.2. The normalized spacial score (nSPS) is 11.0. The molecule has 0 saturated heterocycles. The van der Waals surface area contributed by atoms with Crippen LogP contribution in [0.15, 0.2) is 52.6 Å². The molecule has 0 bridgehead atoms. The van der Waals surface area contributed by atoms with Gasteiger partial charge in [0.15, 0.2) is 0 Å². The minimum Gasteiger partial charge on any atom is -0.722 e. The van der Waals surface area contributed by atoms with Gasteiger partial charge < -0.3 is 9.77 Å². The summed E-state index contributed by atoms with van der Waals surface area (Å²) >= 11 is 0. The molecule has 0 aliphatic rings. The number of hydrogen-bond donors (Lipinski definition) is 3. The first-order chi connectivity index (χ1) is 11.1. The third-order valence-corrected chi connectivity index (χ3v) is 3.69. The number of hydrazone groups is 1. The monoisotopic (exact) mass is 353 g/mol. The molecule has 1 aromatic heterocycles. The molecule has 0 aliphatic heterocycles. The summed E-state index contributed by atoms with van der Waals surface area (Å²) in [4.78, 5) is 0.0931. The Balaban J connectivity index is 0.000000243. The topological polar surface area (TPSA) is 150 Å². The molecule has 9 nitrogen and oxygen atoms in total. The highest BCUT2D eigenvalue weighted by molar-refractivity contribution is 7.85. The van der Waals surface area contributed by atoms with E-state index in [1.54, 1.807) is 12.1 Å². The molecule has 10 heteroatoms. The minimum absolute atomic E-state index is 0.0666. The molecule has 2 aromatic rings. The van der Waals surface area contributed by atoms with Gasteiger partial charge in [0.1, 0.15) is 0 Å². The molecule has 0 aliphatic carbocycles. The highest BCUT2D eigenvalue weighted by Crippen LogP contribution is 2.08. The lowest BCUT2D eigenvalue weighted by Crippen LogP contribution is -2.30. The highest BCUT2D eigenvalue weighted by Gasteiger charge is 2.06. The van der Waals surface area contributed by atoms with Crippen molar-refractivity contribution < 1.29 is 17.8 Å². The van der Waals surface area contributed by atoms with E-state index in [1.165, 1.54) is 18.3 Å². The number of nitrogens with zero attached hydrogens (tertiary/aromatic N) is 3. The van der Waals surface area contributed by atoms with Gasteiger partial charge in [0.2, 0.25) is 0 Å². The molecule has 0 amide bonds. The molecule has 130 valence electrons. The number of guanidine groups is 1. The number of rotatable bonds is 3. The smallest absolute Gasteiger partial charge is 0.366 e. The summed E-state index contributed by atoms with van der Waals surface area (Å²) in [5.74, 6) is -0.384. The van der Waals surface area contributed by atoms with E-state index in [9.17, 15) is 13.6 Å².